The molecule has 0 radical (unpaired) electrons. The van der Waals surface area contributed by atoms with Crippen molar-refractivity contribution in [2.24, 2.45) is 5.92 Å². The molecule has 0 fully saturated rings. The van der Waals surface area contributed by atoms with Gasteiger partial charge in [0.15, 0.2) is 0 Å². The van der Waals surface area contributed by atoms with Crippen LogP contribution in [0.2, 0.25) is 0 Å². The van der Waals surface area contributed by atoms with Crippen LogP contribution in [0.4, 0.5) is 0 Å². The molecule has 0 aliphatic heterocycles. The number of hydrogen-bond donors (Lipinski definition) is 0. The molecule has 0 aromatic rings. The van der Waals surface area contributed by atoms with Crippen LogP contribution in [0.15, 0.2) is 23.8 Å². The summed E-state index contributed by atoms with van der Waals surface area (Å²) in [4.78, 5) is 11.5. The second kappa shape index (κ2) is 10.4. The van der Waals surface area contributed by atoms with Crippen LogP contribution >= 0.6 is 15.9 Å². The molecule has 0 aromatic carbocycles. The minimum atomic E-state index is 0.401. The summed E-state index contributed by atoms with van der Waals surface area (Å²) in [7, 11) is 0. The molecule has 0 N–H and O–H groups in total. The van der Waals surface area contributed by atoms with Gasteiger partial charge in [-0.1, -0.05) is 86.0 Å². The molecule has 2 heteroatoms. The minimum Gasteiger partial charge on any atom is -0.298 e. The van der Waals surface area contributed by atoms with Crippen molar-refractivity contribution in [3.8, 4) is 0 Å². The predicted molar refractivity (Wildman–Crippen MR) is 86.7 cm³/mol. The average molecular weight is 327 g/mol. The highest BCUT2D eigenvalue weighted by atomic mass is 79.9. The Balaban J connectivity index is 1.88. The standard InChI is InChI=1S/C17H27BrO/c1-15(18)10-7-5-3-2-4-6-8-11-16-12-9-13-17(16)14-19/h9,12-16H,2-8,10-11H2,1H3. The number of allylic oxidation sites excluding steroid dienone is 4. The van der Waals surface area contributed by atoms with Crippen molar-refractivity contribution in [3.63, 3.8) is 0 Å². The van der Waals surface area contributed by atoms with Gasteiger partial charge in [0.2, 0.25) is 0 Å². The van der Waals surface area contributed by atoms with E-state index in [9.17, 15) is 4.79 Å². The molecule has 1 nitrogen and oxygen atoms in total. The molecule has 0 heterocycles. The summed E-state index contributed by atoms with van der Waals surface area (Å²) in [5, 5.41) is 0. The van der Waals surface area contributed by atoms with Crippen LogP contribution in [0.1, 0.15) is 64.7 Å². The molecule has 19 heavy (non-hydrogen) atoms. The molecule has 2 unspecified atom stereocenters. The fraction of sp³-hybridized carbons (Fsp3) is 0.706. The number of rotatable bonds is 11. The van der Waals surface area contributed by atoms with E-state index in [-0.39, 0.29) is 0 Å². The van der Waals surface area contributed by atoms with Crippen LogP contribution in [0.5, 0.6) is 0 Å². The second-order valence-corrected chi connectivity index (χ2v) is 7.17. The van der Waals surface area contributed by atoms with E-state index in [0.717, 1.165) is 18.3 Å². The van der Waals surface area contributed by atoms with Gasteiger partial charge in [0, 0.05) is 10.7 Å². The first-order valence-electron chi connectivity index (χ1n) is 7.71. The Labute approximate surface area is 126 Å². The van der Waals surface area contributed by atoms with Crippen molar-refractivity contribution >= 4 is 22.2 Å². The van der Waals surface area contributed by atoms with Gasteiger partial charge in [0.25, 0.3) is 0 Å². The van der Waals surface area contributed by atoms with Gasteiger partial charge in [-0.05, 0) is 18.4 Å². The van der Waals surface area contributed by atoms with Crippen molar-refractivity contribution in [1.29, 1.82) is 0 Å². The molecule has 0 spiro atoms. The number of unbranched alkanes of at least 4 members (excludes halogenated alkanes) is 6. The number of carbonyl (C=O) groups is 1. The second-order valence-electron chi connectivity index (χ2n) is 5.61. The normalized spacial score (nSPS) is 19.5. The summed E-state index contributed by atoms with van der Waals surface area (Å²) >= 11 is 3.59. The van der Waals surface area contributed by atoms with E-state index in [1.54, 1.807) is 0 Å². The third kappa shape index (κ3) is 7.71. The van der Waals surface area contributed by atoms with Gasteiger partial charge >= 0.3 is 0 Å². The lowest BCUT2D eigenvalue weighted by atomic mass is 9.96. The van der Waals surface area contributed by atoms with E-state index in [2.05, 4.69) is 28.9 Å². The zero-order valence-corrected chi connectivity index (χ0v) is 13.7. The maximum atomic E-state index is 10.8. The average Bonchev–Trinajstić information content (AvgIpc) is 2.84. The molecule has 0 saturated heterocycles. The van der Waals surface area contributed by atoms with E-state index in [4.69, 9.17) is 0 Å². The van der Waals surface area contributed by atoms with Crippen LogP contribution in [0.3, 0.4) is 0 Å². The number of carbonyl (C=O) groups excluding carboxylic acids is 1. The molecule has 0 saturated carbocycles. The molecule has 108 valence electrons. The molecule has 1 rings (SSSR count). The number of halogens is 1. The lowest BCUT2D eigenvalue weighted by molar-refractivity contribution is -0.105. The van der Waals surface area contributed by atoms with Crippen LogP contribution in [-0.4, -0.2) is 11.1 Å². The number of hydrogen-bond acceptors (Lipinski definition) is 1. The Morgan fingerprint density at radius 1 is 1.16 bits per heavy atom. The highest BCUT2D eigenvalue weighted by Crippen LogP contribution is 2.23. The van der Waals surface area contributed by atoms with Crippen LogP contribution < -0.4 is 0 Å². The van der Waals surface area contributed by atoms with Gasteiger partial charge in [0.05, 0.1) is 0 Å². The summed E-state index contributed by atoms with van der Waals surface area (Å²) in [6.45, 7) is 2.22. The molecule has 1 aliphatic rings. The van der Waals surface area contributed by atoms with Crippen molar-refractivity contribution in [2.45, 2.75) is 69.5 Å². The Morgan fingerprint density at radius 3 is 2.42 bits per heavy atom. The number of alkyl halides is 1. The fourth-order valence-electron chi connectivity index (χ4n) is 2.60. The molecule has 0 bridgehead atoms. The van der Waals surface area contributed by atoms with E-state index < -0.39 is 0 Å². The van der Waals surface area contributed by atoms with E-state index >= 15 is 0 Å². The monoisotopic (exact) mass is 326 g/mol. The lowest BCUT2D eigenvalue weighted by Gasteiger charge is -2.08. The Bertz CT molecular complexity index is 304. The van der Waals surface area contributed by atoms with E-state index in [1.807, 2.05) is 12.2 Å². The molecule has 2 atom stereocenters. The Kier molecular flexibility index (Phi) is 9.15. The maximum absolute atomic E-state index is 10.8. The topological polar surface area (TPSA) is 17.1 Å². The minimum absolute atomic E-state index is 0.401. The summed E-state index contributed by atoms with van der Waals surface area (Å²) in [6, 6.07) is 0. The van der Waals surface area contributed by atoms with Crippen LogP contribution in [-0.2, 0) is 4.79 Å². The van der Waals surface area contributed by atoms with Crippen molar-refractivity contribution in [3.05, 3.63) is 23.8 Å². The quantitative estimate of drug-likeness (QED) is 0.274. The number of aldehydes is 1. The molecular formula is C17H27BrO. The lowest BCUT2D eigenvalue weighted by Crippen LogP contribution is -1.99. The molecule has 0 aromatic heterocycles. The Hall–Kier alpha value is -0.370. The molecule has 1 aliphatic carbocycles. The van der Waals surface area contributed by atoms with Gasteiger partial charge in [0.1, 0.15) is 6.29 Å². The van der Waals surface area contributed by atoms with E-state index in [0.29, 0.717) is 10.7 Å². The largest absolute Gasteiger partial charge is 0.298 e. The first-order valence-corrected chi connectivity index (χ1v) is 8.63. The summed E-state index contributed by atoms with van der Waals surface area (Å²) in [6.07, 6.45) is 19.0. The van der Waals surface area contributed by atoms with Gasteiger partial charge in [-0.3, -0.25) is 4.79 Å². The van der Waals surface area contributed by atoms with E-state index in [1.165, 1.54) is 51.4 Å². The van der Waals surface area contributed by atoms with Crippen molar-refractivity contribution < 1.29 is 4.79 Å². The van der Waals surface area contributed by atoms with Crippen LogP contribution in [0, 0.1) is 5.92 Å². The first kappa shape index (κ1) is 16.7. The van der Waals surface area contributed by atoms with Gasteiger partial charge in [-0.25, -0.2) is 0 Å². The van der Waals surface area contributed by atoms with Gasteiger partial charge in [-0.15, -0.1) is 0 Å². The highest BCUT2D eigenvalue weighted by molar-refractivity contribution is 9.09. The zero-order valence-electron chi connectivity index (χ0n) is 12.1. The zero-order chi connectivity index (χ0) is 13.9. The SMILES string of the molecule is CC(Br)CCCCCCCCCC1C=CC=C1C=O. The third-order valence-corrected chi connectivity index (χ3v) is 4.27. The summed E-state index contributed by atoms with van der Waals surface area (Å²) < 4.78 is 0. The van der Waals surface area contributed by atoms with Crippen molar-refractivity contribution in [1.82, 2.24) is 0 Å². The smallest absolute Gasteiger partial charge is 0.146 e. The third-order valence-electron chi connectivity index (χ3n) is 3.81. The molecule has 0 amide bonds. The summed E-state index contributed by atoms with van der Waals surface area (Å²) in [5.41, 5.74) is 0.962. The fourth-order valence-corrected chi connectivity index (χ4v) is 2.92. The summed E-state index contributed by atoms with van der Waals surface area (Å²) in [5.74, 6) is 0.401. The van der Waals surface area contributed by atoms with Gasteiger partial charge in [-0.2, -0.15) is 0 Å². The van der Waals surface area contributed by atoms with Crippen LogP contribution in [0.25, 0.3) is 0 Å². The van der Waals surface area contributed by atoms with Gasteiger partial charge < -0.3 is 0 Å². The highest BCUT2D eigenvalue weighted by Gasteiger charge is 2.12. The first-order chi connectivity index (χ1) is 9.24. The molecular weight excluding hydrogens is 300 g/mol. The predicted octanol–water partition coefficient (Wildman–Crippen LogP) is 5.59. The Morgan fingerprint density at radius 2 is 1.79 bits per heavy atom. The maximum Gasteiger partial charge on any atom is 0.146 e. The van der Waals surface area contributed by atoms with Crippen molar-refractivity contribution in [2.75, 3.05) is 0 Å².